The molecule has 5 nitrogen and oxygen atoms in total. The molecule has 0 bridgehead atoms. The van der Waals surface area contributed by atoms with E-state index >= 15 is 0 Å². The number of hydrogen-bond acceptors (Lipinski definition) is 4. The van der Waals surface area contributed by atoms with Gasteiger partial charge in [-0.25, -0.2) is 13.1 Å². The fourth-order valence-electron chi connectivity index (χ4n) is 0.891. The van der Waals surface area contributed by atoms with E-state index in [9.17, 15) is 8.42 Å². The summed E-state index contributed by atoms with van der Waals surface area (Å²) in [6.45, 7) is 1.77. The van der Waals surface area contributed by atoms with Gasteiger partial charge in [0.2, 0.25) is 10.0 Å². The average molecular weight is 304 g/mol. The van der Waals surface area contributed by atoms with Gasteiger partial charge in [-0.15, -0.1) is 0 Å². The Labute approximate surface area is 99.7 Å². The lowest BCUT2D eigenvalue weighted by atomic mass is 10.5. The van der Waals surface area contributed by atoms with E-state index in [-0.39, 0.29) is 5.75 Å². The fourth-order valence-corrected chi connectivity index (χ4v) is 2.16. The molecule has 0 spiro atoms. The van der Waals surface area contributed by atoms with Gasteiger partial charge < -0.3 is 9.47 Å². The second-order valence-corrected chi connectivity index (χ2v) is 5.58. The third kappa shape index (κ3) is 10.6. The number of ether oxygens (including phenoxy) is 2. The van der Waals surface area contributed by atoms with Gasteiger partial charge >= 0.3 is 0 Å². The summed E-state index contributed by atoms with van der Waals surface area (Å²) in [6.07, 6.45) is 0.508. The van der Waals surface area contributed by atoms with Crippen LogP contribution < -0.4 is 4.72 Å². The Bertz CT molecular complexity index is 233. The third-order valence-electron chi connectivity index (χ3n) is 1.55. The van der Waals surface area contributed by atoms with Crippen molar-refractivity contribution in [2.24, 2.45) is 0 Å². The lowest BCUT2D eigenvalue weighted by Crippen LogP contribution is -2.30. The summed E-state index contributed by atoms with van der Waals surface area (Å²) in [5, 5.41) is 0.758. The van der Waals surface area contributed by atoms with Crippen LogP contribution in [-0.4, -0.2) is 53.0 Å². The highest BCUT2D eigenvalue weighted by Gasteiger charge is 2.08. The van der Waals surface area contributed by atoms with Crippen molar-refractivity contribution in [2.45, 2.75) is 6.42 Å². The number of nitrogens with one attached hydrogen (secondary N) is 1. The van der Waals surface area contributed by atoms with Crippen LogP contribution in [0.2, 0.25) is 0 Å². The first-order valence-electron chi connectivity index (χ1n) is 4.72. The maximum atomic E-state index is 11.3. The fraction of sp³-hybridized carbons (Fsp3) is 1.00. The molecular weight excluding hydrogens is 286 g/mol. The minimum Gasteiger partial charge on any atom is -0.385 e. The molecule has 0 unspecified atom stereocenters. The van der Waals surface area contributed by atoms with Crippen LogP contribution in [0.5, 0.6) is 0 Å². The summed E-state index contributed by atoms with van der Waals surface area (Å²) < 4.78 is 34.9. The first-order chi connectivity index (χ1) is 7.12. The summed E-state index contributed by atoms with van der Waals surface area (Å²) in [6, 6.07) is 0. The predicted molar refractivity (Wildman–Crippen MR) is 62.9 cm³/mol. The zero-order chi connectivity index (χ0) is 11.6. The van der Waals surface area contributed by atoms with E-state index in [0.717, 1.165) is 5.33 Å². The molecule has 0 aliphatic rings. The van der Waals surface area contributed by atoms with Gasteiger partial charge in [0.15, 0.2) is 0 Å². The summed E-state index contributed by atoms with van der Waals surface area (Å²) in [4.78, 5) is 0. The quantitative estimate of drug-likeness (QED) is 0.467. The van der Waals surface area contributed by atoms with E-state index in [0.29, 0.717) is 32.8 Å². The number of sulfonamides is 1. The van der Waals surface area contributed by atoms with Crippen LogP contribution in [0.1, 0.15) is 6.42 Å². The van der Waals surface area contributed by atoms with Crippen molar-refractivity contribution in [1.29, 1.82) is 0 Å². The van der Waals surface area contributed by atoms with Gasteiger partial charge in [-0.1, -0.05) is 15.9 Å². The molecule has 0 aliphatic heterocycles. The number of hydrogen-bond donors (Lipinski definition) is 1. The Morgan fingerprint density at radius 2 is 2.00 bits per heavy atom. The normalized spacial score (nSPS) is 11.9. The van der Waals surface area contributed by atoms with Gasteiger partial charge in [0.1, 0.15) is 0 Å². The van der Waals surface area contributed by atoms with Crippen LogP contribution in [0.25, 0.3) is 0 Å². The molecule has 0 aliphatic carbocycles. The molecule has 92 valence electrons. The first kappa shape index (κ1) is 15.3. The van der Waals surface area contributed by atoms with Crippen LogP contribution in [0.15, 0.2) is 0 Å². The van der Waals surface area contributed by atoms with E-state index in [4.69, 9.17) is 9.47 Å². The van der Waals surface area contributed by atoms with Crippen molar-refractivity contribution in [3.05, 3.63) is 0 Å². The molecule has 0 fully saturated rings. The second-order valence-electron chi connectivity index (χ2n) is 2.86. The van der Waals surface area contributed by atoms with Crippen LogP contribution in [0.3, 0.4) is 0 Å². The van der Waals surface area contributed by atoms with Gasteiger partial charge in [-0.3, -0.25) is 0 Å². The van der Waals surface area contributed by atoms with E-state index in [2.05, 4.69) is 20.7 Å². The highest BCUT2D eigenvalue weighted by atomic mass is 79.9. The molecule has 0 atom stereocenters. The van der Waals surface area contributed by atoms with E-state index < -0.39 is 10.0 Å². The molecule has 0 heterocycles. The van der Waals surface area contributed by atoms with Crippen molar-refractivity contribution in [1.82, 2.24) is 4.72 Å². The molecule has 0 rings (SSSR count). The van der Waals surface area contributed by atoms with Crippen molar-refractivity contribution in [3.8, 4) is 0 Å². The number of methoxy groups -OCH3 is 1. The lowest BCUT2D eigenvalue weighted by molar-refractivity contribution is 0.156. The maximum absolute atomic E-state index is 11.3. The molecular formula is C8H18BrNO4S. The molecule has 0 aromatic rings. The van der Waals surface area contributed by atoms with Gasteiger partial charge in [-0.05, 0) is 6.42 Å². The smallest absolute Gasteiger partial charge is 0.211 e. The molecule has 0 amide bonds. The molecule has 0 aromatic carbocycles. The average Bonchev–Trinajstić information content (AvgIpc) is 2.17. The van der Waals surface area contributed by atoms with Gasteiger partial charge in [0, 0.05) is 25.6 Å². The van der Waals surface area contributed by atoms with Gasteiger partial charge in [0.25, 0.3) is 0 Å². The number of rotatable bonds is 10. The largest absolute Gasteiger partial charge is 0.385 e. The minimum absolute atomic E-state index is 0.0965. The maximum Gasteiger partial charge on any atom is 0.211 e. The summed E-state index contributed by atoms with van der Waals surface area (Å²) >= 11 is 3.21. The molecule has 15 heavy (non-hydrogen) atoms. The Hall–Kier alpha value is 0.310. The van der Waals surface area contributed by atoms with Crippen LogP contribution in [0.4, 0.5) is 0 Å². The van der Waals surface area contributed by atoms with Crippen molar-refractivity contribution in [2.75, 3.05) is 44.6 Å². The summed E-state index contributed by atoms with van der Waals surface area (Å²) in [5.74, 6) is 0.0965. The van der Waals surface area contributed by atoms with Crippen molar-refractivity contribution < 1.29 is 17.9 Å². The zero-order valence-corrected chi connectivity index (χ0v) is 11.3. The van der Waals surface area contributed by atoms with Gasteiger partial charge in [-0.2, -0.15) is 0 Å². The van der Waals surface area contributed by atoms with Crippen molar-refractivity contribution >= 4 is 26.0 Å². The molecule has 0 saturated heterocycles. The topological polar surface area (TPSA) is 64.6 Å². The predicted octanol–water partition coefficient (Wildman–Crippen LogP) is 0.354. The van der Waals surface area contributed by atoms with Crippen LogP contribution in [0, 0.1) is 0 Å². The standard InChI is InChI=1S/C8H18BrNO4S/c1-13-5-2-8-15(11,12)10-4-7-14-6-3-9/h10H,2-8H2,1H3. The minimum atomic E-state index is -3.16. The van der Waals surface area contributed by atoms with Crippen LogP contribution in [-0.2, 0) is 19.5 Å². The summed E-state index contributed by atoms with van der Waals surface area (Å²) in [7, 11) is -1.61. The molecule has 1 N–H and O–H groups in total. The highest BCUT2D eigenvalue weighted by Crippen LogP contribution is 1.90. The zero-order valence-electron chi connectivity index (χ0n) is 8.87. The van der Waals surface area contributed by atoms with E-state index in [1.54, 1.807) is 7.11 Å². The third-order valence-corrected chi connectivity index (χ3v) is 3.35. The van der Waals surface area contributed by atoms with Crippen LogP contribution >= 0.6 is 15.9 Å². The Balaban J connectivity index is 3.47. The molecule has 0 radical (unpaired) electrons. The monoisotopic (exact) mass is 303 g/mol. The number of halogens is 1. The molecule has 0 saturated carbocycles. The SMILES string of the molecule is COCCCS(=O)(=O)NCCOCCBr. The Morgan fingerprint density at radius 1 is 1.27 bits per heavy atom. The lowest BCUT2D eigenvalue weighted by Gasteiger charge is -2.06. The van der Waals surface area contributed by atoms with Crippen molar-refractivity contribution in [3.63, 3.8) is 0 Å². The first-order valence-corrected chi connectivity index (χ1v) is 7.49. The second kappa shape index (κ2) is 9.53. The summed E-state index contributed by atoms with van der Waals surface area (Å²) in [5.41, 5.74) is 0. The Morgan fingerprint density at radius 3 is 2.60 bits per heavy atom. The van der Waals surface area contributed by atoms with E-state index in [1.807, 2.05) is 0 Å². The van der Waals surface area contributed by atoms with E-state index in [1.165, 1.54) is 0 Å². The van der Waals surface area contributed by atoms with Gasteiger partial charge in [0.05, 0.1) is 19.0 Å². The number of alkyl halides is 1. The molecule has 7 heteroatoms. The Kier molecular flexibility index (Phi) is 9.73. The molecule has 0 aromatic heterocycles. The highest BCUT2D eigenvalue weighted by molar-refractivity contribution is 9.09.